The van der Waals surface area contributed by atoms with E-state index in [1.54, 1.807) is 11.3 Å². The lowest BCUT2D eigenvalue weighted by Crippen LogP contribution is -2.30. The van der Waals surface area contributed by atoms with E-state index < -0.39 is 0 Å². The summed E-state index contributed by atoms with van der Waals surface area (Å²) in [6.45, 7) is 5.18. The summed E-state index contributed by atoms with van der Waals surface area (Å²) in [5.74, 6) is -0.155. The molecule has 1 atom stereocenters. The number of rotatable bonds is 5. The van der Waals surface area contributed by atoms with Gasteiger partial charge in [-0.3, -0.25) is 4.79 Å². The van der Waals surface area contributed by atoms with Crippen LogP contribution < -0.4 is 0 Å². The summed E-state index contributed by atoms with van der Waals surface area (Å²) in [5.41, 5.74) is 0.730. The van der Waals surface area contributed by atoms with E-state index in [1.165, 1.54) is 6.42 Å². The molecule has 2 heterocycles. The summed E-state index contributed by atoms with van der Waals surface area (Å²) in [4.78, 5) is 15.9. The van der Waals surface area contributed by atoms with Crippen LogP contribution in [0, 0.1) is 0 Å². The van der Waals surface area contributed by atoms with E-state index in [2.05, 4.69) is 11.9 Å². The lowest BCUT2D eigenvalue weighted by molar-refractivity contribution is -0.143. The highest BCUT2D eigenvalue weighted by atomic mass is 32.1. The number of esters is 1. The number of aromatic nitrogens is 1. The van der Waals surface area contributed by atoms with Crippen molar-refractivity contribution in [3.05, 3.63) is 16.1 Å². The fraction of sp³-hybridized carbons (Fsp3) is 0.714. The number of carbonyl (C=O) groups excluding carboxylic acids is 1. The van der Waals surface area contributed by atoms with E-state index in [0.717, 1.165) is 30.2 Å². The van der Waals surface area contributed by atoms with E-state index >= 15 is 0 Å². The Labute approximate surface area is 118 Å². The molecule has 4 nitrogen and oxygen atoms in total. The van der Waals surface area contributed by atoms with Gasteiger partial charge in [-0.15, -0.1) is 11.3 Å². The van der Waals surface area contributed by atoms with Crippen molar-refractivity contribution < 1.29 is 14.3 Å². The van der Waals surface area contributed by atoms with Crippen LogP contribution in [0.1, 0.15) is 50.2 Å². The molecule has 19 heavy (non-hydrogen) atoms. The normalized spacial score (nSPS) is 23.3. The lowest BCUT2D eigenvalue weighted by atomic mass is 9.97. The van der Waals surface area contributed by atoms with Crippen LogP contribution in [-0.2, 0) is 26.3 Å². The van der Waals surface area contributed by atoms with Gasteiger partial charge < -0.3 is 9.47 Å². The number of hydrogen-bond acceptors (Lipinski definition) is 5. The quantitative estimate of drug-likeness (QED) is 0.779. The zero-order chi connectivity index (χ0) is 13.7. The molecule has 0 spiro atoms. The Kier molecular flexibility index (Phi) is 4.93. The van der Waals surface area contributed by atoms with Crippen molar-refractivity contribution in [3.8, 4) is 0 Å². The Hall–Kier alpha value is -0.940. The third-order valence-electron chi connectivity index (χ3n) is 3.36. The van der Waals surface area contributed by atoms with Gasteiger partial charge in [-0.2, -0.15) is 0 Å². The van der Waals surface area contributed by atoms with Crippen LogP contribution in [0.4, 0.5) is 0 Å². The van der Waals surface area contributed by atoms with Gasteiger partial charge in [0.25, 0.3) is 0 Å². The minimum Gasteiger partial charge on any atom is -0.466 e. The highest BCUT2D eigenvalue weighted by Crippen LogP contribution is 2.36. The fourth-order valence-corrected chi connectivity index (χ4v) is 3.23. The second-order valence-electron chi connectivity index (χ2n) is 4.99. The summed E-state index contributed by atoms with van der Waals surface area (Å²) in [5, 5.41) is 3.06. The van der Waals surface area contributed by atoms with Crippen molar-refractivity contribution in [3.63, 3.8) is 0 Å². The molecule has 1 saturated heterocycles. The van der Waals surface area contributed by atoms with Crippen molar-refractivity contribution in [2.45, 2.75) is 51.6 Å². The first-order chi connectivity index (χ1) is 9.14. The minimum atomic E-state index is -0.231. The maximum atomic E-state index is 11.3. The zero-order valence-corrected chi connectivity index (χ0v) is 12.4. The molecule has 1 fully saturated rings. The molecule has 106 valence electrons. The van der Waals surface area contributed by atoms with Gasteiger partial charge in [0.2, 0.25) is 0 Å². The van der Waals surface area contributed by atoms with Crippen molar-refractivity contribution >= 4 is 17.3 Å². The van der Waals surface area contributed by atoms with E-state index in [4.69, 9.17) is 9.47 Å². The predicted molar refractivity (Wildman–Crippen MR) is 74.2 cm³/mol. The second kappa shape index (κ2) is 6.48. The molecule has 2 rings (SSSR count). The molecule has 0 radical (unpaired) electrons. The largest absolute Gasteiger partial charge is 0.466 e. The van der Waals surface area contributed by atoms with Crippen LogP contribution in [0.15, 0.2) is 5.38 Å². The summed E-state index contributed by atoms with van der Waals surface area (Å²) >= 11 is 1.63. The molecule has 1 aromatic heterocycles. The maximum absolute atomic E-state index is 11.3. The number of thiazole rings is 1. The number of ether oxygens (including phenoxy) is 2. The van der Waals surface area contributed by atoms with Crippen LogP contribution in [0.2, 0.25) is 0 Å². The minimum absolute atomic E-state index is 0.155. The van der Waals surface area contributed by atoms with E-state index in [1.807, 2.05) is 12.3 Å². The molecular formula is C14H21NO3S. The van der Waals surface area contributed by atoms with Gasteiger partial charge in [-0.05, 0) is 33.1 Å². The van der Waals surface area contributed by atoms with Crippen molar-refractivity contribution in [2.75, 3.05) is 13.2 Å². The fourth-order valence-electron chi connectivity index (χ4n) is 2.23. The zero-order valence-electron chi connectivity index (χ0n) is 11.6. The van der Waals surface area contributed by atoms with Crippen LogP contribution in [0.3, 0.4) is 0 Å². The summed E-state index contributed by atoms with van der Waals surface area (Å²) in [6.07, 6.45) is 4.39. The lowest BCUT2D eigenvalue weighted by Gasteiger charge is -2.31. The van der Waals surface area contributed by atoms with Crippen molar-refractivity contribution in [1.29, 1.82) is 0 Å². The molecule has 0 bridgehead atoms. The predicted octanol–water partition coefficient (Wildman–Crippen LogP) is 3.05. The third kappa shape index (κ3) is 3.76. The first kappa shape index (κ1) is 14.5. The van der Waals surface area contributed by atoms with Crippen molar-refractivity contribution in [2.24, 2.45) is 0 Å². The van der Waals surface area contributed by atoms with E-state index in [-0.39, 0.29) is 11.6 Å². The van der Waals surface area contributed by atoms with Crippen molar-refractivity contribution in [1.82, 2.24) is 4.98 Å². The third-order valence-corrected chi connectivity index (χ3v) is 4.50. The molecule has 0 aliphatic carbocycles. The number of carbonyl (C=O) groups is 1. The van der Waals surface area contributed by atoms with Gasteiger partial charge >= 0.3 is 5.97 Å². The Balaban J connectivity index is 1.93. The first-order valence-corrected chi connectivity index (χ1v) is 7.76. The number of nitrogens with zero attached hydrogens (tertiary/aromatic N) is 1. The Morgan fingerprint density at radius 2 is 2.42 bits per heavy atom. The molecule has 1 unspecified atom stereocenters. The molecule has 1 aliphatic rings. The van der Waals surface area contributed by atoms with Gasteiger partial charge in [0, 0.05) is 18.4 Å². The Bertz CT molecular complexity index is 424. The topological polar surface area (TPSA) is 48.4 Å². The Morgan fingerprint density at radius 3 is 3.11 bits per heavy atom. The van der Waals surface area contributed by atoms with E-state index in [9.17, 15) is 4.79 Å². The van der Waals surface area contributed by atoms with Crippen LogP contribution in [-0.4, -0.2) is 24.2 Å². The molecular weight excluding hydrogens is 262 g/mol. The van der Waals surface area contributed by atoms with Gasteiger partial charge in [0.1, 0.15) is 10.6 Å². The number of aryl methyl sites for hydroxylation is 1. The van der Waals surface area contributed by atoms with Crippen LogP contribution in [0.25, 0.3) is 0 Å². The highest BCUT2D eigenvalue weighted by molar-refractivity contribution is 7.09. The standard InChI is InChI=1S/C14H21NO3S/c1-3-17-12(16)7-6-11-10-19-13(15-11)14(2)8-4-5-9-18-14/h10H,3-9H2,1-2H3. The number of hydrogen-bond donors (Lipinski definition) is 0. The molecule has 1 aliphatic heterocycles. The molecule has 0 N–H and O–H groups in total. The molecule has 1 aromatic rings. The van der Waals surface area contributed by atoms with E-state index in [0.29, 0.717) is 19.4 Å². The van der Waals surface area contributed by atoms with Crippen LogP contribution in [0.5, 0.6) is 0 Å². The summed E-state index contributed by atoms with van der Waals surface area (Å²) in [6, 6.07) is 0. The molecule has 0 saturated carbocycles. The van der Waals surface area contributed by atoms with Gasteiger partial charge in [0.05, 0.1) is 18.7 Å². The second-order valence-corrected chi connectivity index (χ2v) is 5.84. The average Bonchev–Trinajstić information content (AvgIpc) is 2.87. The SMILES string of the molecule is CCOC(=O)CCc1csc(C2(C)CCCCO2)n1. The van der Waals surface area contributed by atoms with Gasteiger partial charge in [-0.25, -0.2) is 4.98 Å². The van der Waals surface area contributed by atoms with Gasteiger partial charge in [-0.1, -0.05) is 0 Å². The Morgan fingerprint density at radius 1 is 1.58 bits per heavy atom. The average molecular weight is 283 g/mol. The van der Waals surface area contributed by atoms with Crippen LogP contribution >= 0.6 is 11.3 Å². The maximum Gasteiger partial charge on any atom is 0.306 e. The molecule has 0 amide bonds. The first-order valence-electron chi connectivity index (χ1n) is 6.88. The smallest absolute Gasteiger partial charge is 0.306 e. The monoisotopic (exact) mass is 283 g/mol. The summed E-state index contributed by atoms with van der Waals surface area (Å²) in [7, 11) is 0. The van der Waals surface area contributed by atoms with Gasteiger partial charge in [0.15, 0.2) is 0 Å². The highest BCUT2D eigenvalue weighted by Gasteiger charge is 2.32. The molecule has 5 heteroatoms. The summed E-state index contributed by atoms with van der Waals surface area (Å²) < 4.78 is 10.8. The molecule has 0 aromatic carbocycles.